The topological polar surface area (TPSA) is 116 Å². The van der Waals surface area contributed by atoms with Gasteiger partial charge in [0.15, 0.2) is 0 Å². The molecule has 0 heterocycles. The standard InChI is InChI=1S/C10H10BrNO6/c11-10(9(16)17,7(13)8(14)15)18-12-6-4-2-1-3-5-6/h1-5,7,12-13H,(H,14,15)(H,16,17). The first kappa shape index (κ1) is 14.4. The third-order valence-electron chi connectivity index (χ3n) is 1.97. The van der Waals surface area contributed by atoms with Crippen LogP contribution in [0.25, 0.3) is 0 Å². The SMILES string of the molecule is O=C(O)C(O)C(Br)(ONc1ccccc1)C(=O)O. The second-order valence-electron chi connectivity index (χ2n) is 3.26. The van der Waals surface area contributed by atoms with Crippen molar-refractivity contribution in [3.63, 3.8) is 0 Å². The fraction of sp³-hybridized carbons (Fsp3) is 0.200. The molecule has 0 aliphatic rings. The zero-order chi connectivity index (χ0) is 13.8. The Balaban J connectivity index is 2.81. The van der Waals surface area contributed by atoms with Crippen LogP contribution in [0.1, 0.15) is 0 Å². The van der Waals surface area contributed by atoms with Gasteiger partial charge >= 0.3 is 11.9 Å². The molecule has 1 rings (SSSR count). The molecule has 7 nitrogen and oxygen atoms in total. The summed E-state index contributed by atoms with van der Waals surface area (Å²) in [7, 11) is 0. The Morgan fingerprint density at radius 2 is 1.83 bits per heavy atom. The van der Waals surface area contributed by atoms with Crippen LogP contribution in [0, 0.1) is 0 Å². The first-order valence-corrected chi connectivity index (χ1v) is 5.49. The minimum atomic E-state index is -2.49. The number of aliphatic carboxylic acids is 2. The number of hydrogen-bond acceptors (Lipinski definition) is 5. The predicted octanol–water partition coefficient (Wildman–Crippen LogP) is 0.651. The summed E-state index contributed by atoms with van der Waals surface area (Å²) >= 11 is 2.56. The molecule has 0 radical (unpaired) electrons. The largest absolute Gasteiger partial charge is 0.479 e. The molecule has 1 aromatic rings. The number of aliphatic hydroxyl groups is 1. The highest BCUT2D eigenvalue weighted by molar-refractivity contribution is 9.10. The van der Waals surface area contributed by atoms with E-state index in [1.54, 1.807) is 30.3 Å². The minimum absolute atomic E-state index is 0.403. The molecule has 0 aromatic heterocycles. The molecule has 8 heteroatoms. The molecule has 2 unspecified atom stereocenters. The van der Waals surface area contributed by atoms with E-state index in [9.17, 15) is 14.7 Å². The number of halogens is 1. The van der Waals surface area contributed by atoms with Crippen LogP contribution in [0.15, 0.2) is 30.3 Å². The van der Waals surface area contributed by atoms with Crippen molar-refractivity contribution in [2.24, 2.45) is 0 Å². The first-order valence-electron chi connectivity index (χ1n) is 4.70. The number of alkyl halides is 1. The Morgan fingerprint density at radius 1 is 1.28 bits per heavy atom. The molecule has 0 aliphatic heterocycles. The molecule has 18 heavy (non-hydrogen) atoms. The van der Waals surface area contributed by atoms with Crippen molar-refractivity contribution in [1.29, 1.82) is 0 Å². The number of carbonyl (C=O) groups is 2. The van der Waals surface area contributed by atoms with Gasteiger partial charge in [-0.2, -0.15) is 0 Å². The molecule has 0 aliphatic carbocycles. The van der Waals surface area contributed by atoms with Crippen LogP contribution in [0.5, 0.6) is 0 Å². The number of hydrogen-bond donors (Lipinski definition) is 4. The molecule has 98 valence electrons. The van der Waals surface area contributed by atoms with Crippen LogP contribution in [0.4, 0.5) is 5.69 Å². The number of aliphatic hydroxyl groups excluding tert-OH is 1. The minimum Gasteiger partial charge on any atom is -0.479 e. The zero-order valence-electron chi connectivity index (χ0n) is 8.91. The molecular formula is C10H10BrNO6. The average Bonchev–Trinajstić information content (AvgIpc) is 2.35. The Bertz CT molecular complexity index is 439. The van der Waals surface area contributed by atoms with Crippen molar-refractivity contribution in [2.75, 3.05) is 5.48 Å². The van der Waals surface area contributed by atoms with Gasteiger partial charge in [-0.3, -0.25) is 5.48 Å². The van der Waals surface area contributed by atoms with Gasteiger partial charge in [-0.15, -0.1) is 0 Å². The molecule has 2 atom stereocenters. The van der Waals surface area contributed by atoms with E-state index in [1.807, 2.05) is 0 Å². The lowest BCUT2D eigenvalue weighted by Crippen LogP contribution is -2.51. The summed E-state index contributed by atoms with van der Waals surface area (Å²) in [5.74, 6) is -3.41. The third-order valence-corrected chi connectivity index (χ3v) is 2.90. The van der Waals surface area contributed by atoms with Crippen LogP contribution in [-0.4, -0.2) is 37.9 Å². The van der Waals surface area contributed by atoms with Crippen LogP contribution in [-0.2, 0) is 14.4 Å². The van der Waals surface area contributed by atoms with Gasteiger partial charge in [0.1, 0.15) is 0 Å². The van der Waals surface area contributed by atoms with E-state index < -0.39 is 22.6 Å². The summed E-state index contributed by atoms with van der Waals surface area (Å²) in [5.41, 5.74) is 2.65. The van der Waals surface area contributed by atoms with Crippen LogP contribution >= 0.6 is 15.9 Å². The monoisotopic (exact) mass is 319 g/mol. The van der Waals surface area contributed by atoms with Gasteiger partial charge in [-0.1, -0.05) is 18.2 Å². The Morgan fingerprint density at radius 3 is 2.28 bits per heavy atom. The van der Waals surface area contributed by atoms with E-state index in [2.05, 4.69) is 21.4 Å². The number of nitrogens with one attached hydrogen (secondary N) is 1. The number of para-hydroxylation sites is 1. The first-order chi connectivity index (χ1) is 8.38. The smallest absolute Gasteiger partial charge is 0.353 e. The fourth-order valence-corrected chi connectivity index (χ4v) is 1.29. The van der Waals surface area contributed by atoms with Gasteiger partial charge in [0.25, 0.3) is 4.51 Å². The highest BCUT2D eigenvalue weighted by Crippen LogP contribution is 2.26. The van der Waals surface area contributed by atoms with Crippen molar-refractivity contribution in [1.82, 2.24) is 0 Å². The van der Waals surface area contributed by atoms with Gasteiger partial charge in [-0.25, -0.2) is 14.4 Å². The Labute approximate surface area is 110 Å². The number of anilines is 1. The molecule has 1 aromatic carbocycles. The van der Waals surface area contributed by atoms with Crippen molar-refractivity contribution in [2.45, 2.75) is 10.6 Å². The van der Waals surface area contributed by atoms with Gasteiger partial charge in [0, 0.05) is 0 Å². The molecule has 0 amide bonds. The van der Waals surface area contributed by atoms with Crippen molar-refractivity contribution in [3.8, 4) is 0 Å². The highest BCUT2D eigenvalue weighted by atomic mass is 79.9. The van der Waals surface area contributed by atoms with E-state index in [-0.39, 0.29) is 0 Å². The van der Waals surface area contributed by atoms with Gasteiger partial charge in [0.2, 0.25) is 6.10 Å². The van der Waals surface area contributed by atoms with E-state index in [4.69, 9.17) is 15.1 Å². The van der Waals surface area contributed by atoms with E-state index in [0.29, 0.717) is 5.69 Å². The second kappa shape index (κ2) is 5.80. The zero-order valence-corrected chi connectivity index (χ0v) is 10.5. The third kappa shape index (κ3) is 3.19. The summed E-state index contributed by atoms with van der Waals surface area (Å²) in [4.78, 5) is 26.3. The van der Waals surface area contributed by atoms with E-state index in [1.165, 1.54) is 0 Å². The lowest BCUT2D eigenvalue weighted by molar-refractivity contribution is -0.172. The summed E-state index contributed by atoms with van der Waals surface area (Å²) in [6, 6.07) is 8.20. The Hall–Kier alpha value is -1.64. The number of benzene rings is 1. The molecule has 0 spiro atoms. The van der Waals surface area contributed by atoms with Gasteiger partial charge < -0.3 is 15.3 Å². The molecule has 0 fully saturated rings. The van der Waals surface area contributed by atoms with Crippen molar-refractivity contribution >= 4 is 33.6 Å². The van der Waals surface area contributed by atoms with Crippen LogP contribution in [0.3, 0.4) is 0 Å². The number of carboxylic acids is 2. The van der Waals surface area contributed by atoms with Crippen molar-refractivity contribution in [3.05, 3.63) is 30.3 Å². The molecule has 0 saturated carbocycles. The molecule has 0 bridgehead atoms. The summed E-state index contributed by atoms with van der Waals surface area (Å²) in [6.45, 7) is 0. The molecule has 4 N–H and O–H groups in total. The summed E-state index contributed by atoms with van der Waals surface area (Å²) < 4.78 is -2.49. The highest BCUT2D eigenvalue weighted by Gasteiger charge is 2.50. The van der Waals surface area contributed by atoms with Crippen molar-refractivity contribution < 1.29 is 29.7 Å². The normalized spacial score (nSPS) is 15.4. The van der Waals surface area contributed by atoms with Gasteiger partial charge in [0.05, 0.1) is 5.69 Å². The maximum absolute atomic E-state index is 11.0. The number of rotatable bonds is 6. The number of carboxylic acid groups (broad SMARTS) is 2. The van der Waals surface area contributed by atoms with E-state index in [0.717, 1.165) is 0 Å². The fourth-order valence-electron chi connectivity index (χ4n) is 1.01. The summed E-state index contributed by atoms with van der Waals surface area (Å²) in [6.07, 6.45) is -2.29. The summed E-state index contributed by atoms with van der Waals surface area (Å²) in [5, 5.41) is 26.8. The van der Waals surface area contributed by atoms with Gasteiger partial charge in [-0.05, 0) is 28.1 Å². The molecule has 0 saturated heterocycles. The Kier molecular flexibility index (Phi) is 4.65. The van der Waals surface area contributed by atoms with E-state index >= 15 is 0 Å². The quantitative estimate of drug-likeness (QED) is 0.449. The lowest BCUT2D eigenvalue weighted by Gasteiger charge is -2.25. The van der Waals surface area contributed by atoms with Crippen LogP contribution in [0.2, 0.25) is 0 Å². The lowest BCUT2D eigenvalue weighted by atomic mass is 10.2. The molecular weight excluding hydrogens is 310 g/mol. The second-order valence-corrected chi connectivity index (χ2v) is 4.44. The maximum atomic E-state index is 11.0. The van der Waals surface area contributed by atoms with Crippen LogP contribution < -0.4 is 5.48 Å². The average molecular weight is 320 g/mol. The predicted molar refractivity (Wildman–Crippen MR) is 64.1 cm³/mol. The maximum Gasteiger partial charge on any atom is 0.353 e.